The number of hydrogen-bond acceptors (Lipinski definition) is 5. The number of amides is 1. The summed E-state index contributed by atoms with van der Waals surface area (Å²) in [4.78, 5) is 20.6. The van der Waals surface area contributed by atoms with Gasteiger partial charge in [-0.15, -0.1) is 0 Å². The van der Waals surface area contributed by atoms with Gasteiger partial charge in [-0.3, -0.25) is 4.79 Å². The minimum Gasteiger partial charge on any atom is -0.353 e. The molecule has 1 aromatic heterocycles. The quantitative estimate of drug-likeness (QED) is 0.778. The number of piperazine rings is 1. The van der Waals surface area contributed by atoms with Crippen molar-refractivity contribution in [3.63, 3.8) is 0 Å². The first kappa shape index (κ1) is 14.3. The molecule has 3 rings (SSSR count). The van der Waals surface area contributed by atoms with Crippen LogP contribution >= 0.6 is 0 Å². The lowest BCUT2D eigenvalue weighted by Crippen LogP contribution is -2.50. The number of hydrogen-bond donors (Lipinski definition) is 0. The van der Waals surface area contributed by atoms with Gasteiger partial charge in [0.2, 0.25) is 5.91 Å². The number of nitrogens with zero attached hydrogens (tertiary/aromatic N) is 3. The molecule has 0 radical (unpaired) electrons. The third kappa shape index (κ3) is 3.18. The molecule has 2 aliphatic rings. The second kappa shape index (κ2) is 5.63. The van der Waals surface area contributed by atoms with E-state index < -0.39 is 9.84 Å². The van der Waals surface area contributed by atoms with Crippen LogP contribution in [0.1, 0.15) is 6.42 Å². The molecule has 114 valence electrons. The van der Waals surface area contributed by atoms with Gasteiger partial charge in [-0.05, 0) is 18.6 Å². The fraction of sp³-hybridized carbons (Fsp3) is 0.571. The molecule has 2 saturated heterocycles. The minimum atomic E-state index is -3.00. The van der Waals surface area contributed by atoms with E-state index in [9.17, 15) is 13.2 Å². The summed E-state index contributed by atoms with van der Waals surface area (Å²) in [6.45, 7) is 2.74. The SMILES string of the molecule is O=C(C1CCS(=O)(=O)C1)N1CCN(c2ccccn2)CC1. The molecule has 2 aliphatic heterocycles. The summed E-state index contributed by atoms with van der Waals surface area (Å²) in [5.41, 5.74) is 0. The Kier molecular flexibility index (Phi) is 3.84. The third-order valence-corrected chi connectivity index (χ3v) is 5.91. The Morgan fingerprint density at radius 1 is 1.19 bits per heavy atom. The zero-order valence-corrected chi connectivity index (χ0v) is 12.6. The highest BCUT2D eigenvalue weighted by Gasteiger charge is 2.36. The van der Waals surface area contributed by atoms with E-state index in [-0.39, 0.29) is 23.3 Å². The molecule has 0 N–H and O–H groups in total. The summed E-state index contributed by atoms with van der Waals surface area (Å²) < 4.78 is 23.0. The second-order valence-electron chi connectivity index (χ2n) is 5.60. The number of aromatic nitrogens is 1. The van der Waals surface area contributed by atoms with E-state index in [1.807, 2.05) is 18.2 Å². The molecule has 1 aromatic rings. The lowest BCUT2D eigenvalue weighted by molar-refractivity contribution is -0.135. The van der Waals surface area contributed by atoms with Crippen molar-refractivity contribution < 1.29 is 13.2 Å². The maximum absolute atomic E-state index is 12.4. The van der Waals surface area contributed by atoms with E-state index in [0.717, 1.165) is 18.9 Å². The highest BCUT2D eigenvalue weighted by molar-refractivity contribution is 7.91. The summed E-state index contributed by atoms with van der Waals surface area (Å²) in [5.74, 6) is 0.755. The Labute approximate surface area is 124 Å². The smallest absolute Gasteiger partial charge is 0.226 e. The van der Waals surface area contributed by atoms with Crippen LogP contribution in [-0.4, -0.2) is 61.9 Å². The second-order valence-corrected chi connectivity index (χ2v) is 7.83. The Balaban J connectivity index is 1.57. The summed E-state index contributed by atoms with van der Waals surface area (Å²) in [6, 6.07) is 5.79. The number of rotatable bonds is 2. The fourth-order valence-electron chi connectivity index (χ4n) is 2.94. The van der Waals surface area contributed by atoms with Crippen LogP contribution in [-0.2, 0) is 14.6 Å². The Morgan fingerprint density at radius 2 is 1.95 bits per heavy atom. The minimum absolute atomic E-state index is 0.00301. The summed E-state index contributed by atoms with van der Waals surface area (Å²) in [5, 5.41) is 0. The van der Waals surface area contributed by atoms with Crippen molar-refractivity contribution >= 4 is 21.6 Å². The third-order valence-electron chi connectivity index (χ3n) is 4.15. The van der Waals surface area contributed by atoms with Crippen LogP contribution in [0.5, 0.6) is 0 Å². The maximum atomic E-state index is 12.4. The van der Waals surface area contributed by atoms with E-state index in [4.69, 9.17) is 0 Å². The molecule has 1 amide bonds. The monoisotopic (exact) mass is 309 g/mol. The molecular weight excluding hydrogens is 290 g/mol. The summed E-state index contributed by atoms with van der Waals surface area (Å²) in [7, 11) is -3.00. The summed E-state index contributed by atoms with van der Waals surface area (Å²) in [6.07, 6.45) is 2.23. The van der Waals surface area contributed by atoms with Crippen molar-refractivity contribution in [1.29, 1.82) is 0 Å². The van der Waals surface area contributed by atoms with Gasteiger partial charge in [-0.2, -0.15) is 0 Å². The number of pyridine rings is 1. The fourth-order valence-corrected chi connectivity index (χ4v) is 4.68. The maximum Gasteiger partial charge on any atom is 0.226 e. The topological polar surface area (TPSA) is 70.6 Å². The van der Waals surface area contributed by atoms with Crippen LogP contribution in [0.2, 0.25) is 0 Å². The molecule has 0 aliphatic carbocycles. The Hall–Kier alpha value is -1.63. The Bertz CT molecular complexity index is 610. The lowest BCUT2D eigenvalue weighted by atomic mass is 10.1. The molecule has 3 heterocycles. The van der Waals surface area contributed by atoms with Crippen molar-refractivity contribution in [2.24, 2.45) is 5.92 Å². The van der Waals surface area contributed by atoms with E-state index in [0.29, 0.717) is 19.5 Å². The van der Waals surface area contributed by atoms with Gasteiger partial charge in [-0.25, -0.2) is 13.4 Å². The highest BCUT2D eigenvalue weighted by atomic mass is 32.2. The lowest BCUT2D eigenvalue weighted by Gasteiger charge is -2.36. The van der Waals surface area contributed by atoms with Gasteiger partial charge in [0, 0.05) is 32.4 Å². The van der Waals surface area contributed by atoms with Crippen molar-refractivity contribution in [1.82, 2.24) is 9.88 Å². The van der Waals surface area contributed by atoms with E-state index in [1.54, 1.807) is 11.1 Å². The van der Waals surface area contributed by atoms with E-state index in [1.165, 1.54) is 0 Å². The van der Waals surface area contributed by atoms with Crippen LogP contribution in [0, 0.1) is 5.92 Å². The van der Waals surface area contributed by atoms with Gasteiger partial charge in [0.1, 0.15) is 5.82 Å². The van der Waals surface area contributed by atoms with Crippen LogP contribution < -0.4 is 4.90 Å². The molecular formula is C14H19N3O3S. The predicted octanol–water partition coefficient (Wildman–Crippen LogP) is 0.165. The van der Waals surface area contributed by atoms with Crippen LogP contribution in [0.25, 0.3) is 0 Å². The summed E-state index contributed by atoms with van der Waals surface area (Å²) >= 11 is 0. The molecule has 0 bridgehead atoms. The van der Waals surface area contributed by atoms with Gasteiger partial charge in [0.25, 0.3) is 0 Å². The van der Waals surface area contributed by atoms with Crippen molar-refractivity contribution in [3.8, 4) is 0 Å². The normalized spacial score (nSPS) is 25.0. The average Bonchev–Trinajstić information content (AvgIpc) is 2.88. The standard InChI is InChI=1S/C14H19N3O3S/c18-14(12-4-10-21(19,20)11-12)17-8-6-16(7-9-17)13-3-1-2-5-15-13/h1-3,5,12H,4,6-11H2. The highest BCUT2D eigenvalue weighted by Crippen LogP contribution is 2.22. The van der Waals surface area contributed by atoms with Gasteiger partial charge in [0.15, 0.2) is 9.84 Å². The van der Waals surface area contributed by atoms with Crippen LogP contribution in [0.3, 0.4) is 0 Å². The van der Waals surface area contributed by atoms with Crippen molar-refractivity contribution in [2.75, 3.05) is 42.6 Å². The number of carbonyl (C=O) groups is 1. The van der Waals surface area contributed by atoms with E-state index >= 15 is 0 Å². The largest absolute Gasteiger partial charge is 0.353 e. The van der Waals surface area contributed by atoms with Gasteiger partial charge in [-0.1, -0.05) is 6.07 Å². The first-order valence-corrected chi connectivity index (χ1v) is 9.02. The molecule has 1 atom stereocenters. The molecule has 0 saturated carbocycles. The Morgan fingerprint density at radius 3 is 2.52 bits per heavy atom. The number of anilines is 1. The molecule has 0 aromatic carbocycles. The van der Waals surface area contributed by atoms with Gasteiger partial charge in [0.05, 0.1) is 17.4 Å². The predicted molar refractivity (Wildman–Crippen MR) is 79.8 cm³/mol. The average molecular weight is 309 g/mol. The number of carbonyl (C=O) groups excluding carboxylic acids is 1. The van der Waals surface area contributed by atoms with Crippen LogP contribution in [0.4, 0.5) is 5.82 Å². The first-order chi connectivity index (χ1) is 10.1. The zero-order valence-electron chi connectivity index (χ0n) is 11.8. The number of sulfone groups is 1. The van der Waals surface area contributed by atoms with Gasteiger partial charge < -0.3 is 9.80 Å². The van der Waals surface area contributed by atoms with Crippen LogP contribution in [0.15, 0.2) is 24.4 Å². The molecule has 7 heteroatoms. The zero-order chi connectivity index (χ0) is 14.9. The van der Waals surface area contributed by atoms with Gasteiger partial charge >= 0.3 is 0 Å². The first-order valence-electron chi connectivity index (χ1n) is 7.20. The molecule has 6 nitrogen and oxygen atoms in total. The van der Waals surface area contributed by atoms with Crippen molar-refractivity contribution in [2.45, 2.75) is 6.42 Å². The van der Waals surface area contributed by atoms with E-state index in [2.05, 4.69) is 9.88 Å². The van der Waals surface area contributed by atoms with Crippen molar-refractivity contribution in [3.05, 3.63) is 24.4 Å². The molecule has 0 spiro atoms. The molecule has 2 fully saturated rings. The molecule has 21 heavy (non-hydrogen) atoms. The molecule has 1 unspecified atom stereocenters.